The molecule has 0 fully saturated rings. The minimum atomic E-state index is 0.868. The summed E-state index contributed by atoms with van der Waals surface area (Å²) in [5.74, 6) is 0.898. The summed E-state index contributed by atoms with van der Waals surface area (Å²) in [4.78, 5) is 8.95. The van der Waals surface area contributed by atoms with E-state index in [0.29, 0.717) is 0 Å². The second-order valence-corrected chi connectivity index (χ2v) is 6.25. The molecule has 0 amide bonds. The Balaban J connectivity index is 1.87. The van der Waals surface area contributed by atoms with Crippen LogP contribution in [0.25, 0.3) is 11.3 Å². The Morgan fingerprint density at radius 3 is 2.75 bits per heavy atom. The van der Waals surface area contributed by atoms with Gasteiger partial charge in [-0.1, -0.05) is 37.3 Å². The van der Waals surface area contributed by atoms with E-state index in [4.69, 9.17) is 0 Å². The fourth-order valence-corrected chi connectivity index (χ4v) is 3.50. The lowest BCUT2D eigenvalue weighted by Crippen LogP contribution is -1.93. The monoisotopic (exact) mass is 302 g/mol. The molecule has 0 bridgehead atoms. The number of benzene rings is 1. The number of aromatic nitrogens is 4. The molecule has 2 aromatic heterocycles. The van der Waals surface area contributed by atoms with E-state index in [1.165, 1.54) is 17.1 Å². The van der Waals surface area contributed by atoms with Gasteiger partial charge in [-0.05, 0) is 28.9 Å². The lowest BCUT2D eigenvalue weighted by atomic mass is 10.2. The first-order valence-corrected chi connectivity index (χ1v) is 7.94. The molecule has 1 aromatic carbocycles. The highest BCUT2D eigenvalue weighted by molar-refractivity contribution is 8.00. The van der Waals surface area contributed by atoms with E-state index in [9.17, 15) is 0 Å². The van der Waals surface area contributed by atoms with Crippen molar-refractivity contribution in [1.82, 2.24) is 18.9 Å². The molecular weight excluding hydrogens is 288 g/mol. The average Bonchev–Trinajstić information content (AvgIpc) is 3.08. The Hall–Kier alpha value is -1.66. The standard InChI is InChI=1S/C14H14N4S2/c1-3-12-16-14(20-17-12)19-13-15-9-11(18(13)2)10-7-5-4-6-8-10/h4-9H,3H2,1-2H3. The largest absolute Gasteiger partial charge is 0.322 e. The van der Waals surface area contributed by atoms with E-state index in [2.05, 4.69) is 38.0 Å². The Labute approximate surface area is 126 Å². The first-order valence-electron chi connectivity index (χ1n) is 6.35. The molecule has 0 aliphatic heterocycles. The quantitative estimate of drug-likeness (QED) is 0.738. The van der Waals surface area contributed by atoms with Crippen molar-refractivity contribution in [2.24, 2.45) is 7.05 Å². The van der Waals surface area contributed by atoms with Crippen LogP contribution in [0.4, 0.5) is 0 Å². The molecule has 0 saturated heterocycles. The highest BCUT2D eigenvalue weighted by atomic mass is 32.2. The zero-order valence-electron chi connectivity index (χ0n) is 11.3. The van der Waals surface area contributed by atoms with E-state index in [0.717, 1.165) is 27.4 Å². The second kappa shape index (κ2) is 5.76. The SMILES string of the molecule is CCc1nsc(Sc2ncc(-c3ccccc3)n2C)n1. The predicted octanol–water partition coefficient (Wildman–Crippen LogP) is 3.65. The fourth-order valence-electron chi connectivity index (χ4n) is 1.87. The van der Waals surface area contributed by atoms with Crippen LogP contribution in [0.15, 0.2) is 46.0 Å². The molecule has 6 heteroatoms. The van der Waals surface area contributed by atoms with E-state index < -0.39 is 0 Å². The van der Waals surface area contributed by atoms with Crippen molar-refractivity contribution >= 4 is 23.3 Å². The van der Waals surface area contributed by atoms with Crippen LogP contribution in [0.5, 0.6) is 0 Å². The second-order valence-electron chi connectivity index (χ2n) is 4.28. The molecule has 0 atom stereocenters. The molecule has 102 valence electrons. The van der Waals surface area contributed by atoms with Crippen molar-refractivity contribution < 1.29 is 0 Å². The van der Waals surface area contributed by atoms with Crippen LogP contribution >= 0.6 is 23.3 Å². The lowest BCUT2D eigenvalue weighted by molar-refractivity contribution is 0.796. The summed E-state index contributed by atoms with van der Waals surface area (Å²) in [6.45, 7) is 2.06. The highest BCUT2D eigenvalue weighted by Crippen LogP contribution is 2.30. The van der Waals surface area contributed by atoms with Gasteiger partial charge >= 0.3 is 0 Å². The summed E-state index contributed by atoms with van der Waals surface area (Å²) in [5.41, 5.74) is 2.27. The van der Waals surface area contributed by atoms with E-state index in [1.807, 2.05) is 31.4 Å². The topological polar surface area (TPSA) is 43.6 Å². The molecule has 0 saturated carbocycles. The Morgan fingerprint density at radius 2 is 2.05 bits per heavy atom. The average molecular weight is 302 g/mol. The van der Waals surface area contributed by atoms with Gasteiger partial charge in [0.05, 0.1) is 11.9 Å². The van der Waals surface area contributed by atoms with Crippen LogP contribution in [0.3, 0.4) is 0 Å². The van der Waals surface area contributed by atoms with Gasteiger partial charge in [0.1, 0.15) is 5.82 Å². The van der Waals surface area contributed by atoms with Gasteiger partial charge < -0.3 is 4.57 Å². The minimum absolute atomic E-state index is 0.868. The molecule has 3 rings (SSSR count). The number of nitrogens with zero attached hydrogens (tertiary/aromatic N) is 4. The predicted molar refractivity (Wildman–Crippen MR) is 82.1 cm³/mol. The van der Waals surface area contributed by atoms with Gasteiger partial charge in [-0.2, -0.15) is 4.37 Å². The van der Waals surface area contributed by atoms with Crippen molar-refractivity contribution in [3.63, 3.8) is 0 Å². The van der Waals surface area contributed by atoms with Crippen molar-refractivity contribution in [3.05, 3.63) is 42.4 Å². The summed E-state index contributed by atoms with van der Waals surface area (Å²) in [5, 5.41) is 0.933. The summed E-state index contributed by atoms with van der Waals surface area (Å²) in [6, 6.07) is 10.3. The van der Waals surface area contributed by atoms with Gasteiger partial charge in [0, 0.05) is 13.5 Å². The first kappa shape index (κ1) is 13.3. The molecule has 2 heterocycles. The third-order valence-corrected chi connectivity index (χ3v) is 4.81. The van der Waals surface area contributed by atoms with Crippen LogP contribution in [0.1, 0.15) is 12.7 Å². The van der Waals surface area contributed by atoms with Gasteiger partial charge in [0.25, 0.3) is 0 Å². The van der Waals surface area contributed by atoms with Crippen molar-refractivity contribution in [1.29, 1.82) is 0 Å². The van der Waals surface area contributed by atoms with Crippen molar-refractivity contribution in [2.45, 2.75) is 22.8 Å². The molecule has 0 N–H and O–H groups in total. The minimum Gasteiger partial charge on any atom is -0.322 e. The number of hydrogen-bond acceptors (Lipinski definition) is 5. The molecule has 0 radical (unpaired) electrons. The summed E-state index contributed by atoms with van der Waals surface area (Å²) in [6.07, 6.45) is 2.77. The van der Waals surface area contributed by atoms with Crippen LogP contribution in [0.2, 0.25) is 0 Å². The maximum atomic E-state index is 4.49. The summed E-state index contributed by atoms with van der Waals surface area (Å²) >= 11 is 2.99. The van der Waals surface area contributed by atoms with Crippen LogP contribution in [-0.4, -0.2) is 18.9 Å². The Bertz CT molecular complexity index is 703. The molecule has 0 aliphatic rings. The van der Waals surface area contributed by atoms with Gasteiger partial charge in [0.2, 0.25) is 0 Å². The van der Waals surface area contributed by atoms with Crippen LogP contribution < -0.4 is 0 Å². The number of rotatable bonds is 4. The first-order chi connectivity index (χ1) is 9.78. The molecule has 0 spiro atoms. The molecule has 0 aliphatic carbocycles. The third-order valence-electron chi connectivity index (χ3n) is 2.96. The summed E-state index contributed by atoms with van der Waals surface area (Å²) in [7, 11) is 2.03. The highest BCUT2D eigenvalue weighted by Gasteiger charge is 2.12. The molecule has 3 aromatic rings. The summed E-state index contributed by atoms with van der Waals surface area (Å²) < 4.78 is 7.33. The maximum absolute atomic E-state index is 4.49. The lowest BCUT2D eigenvalue weighted by Gasteiger charge is -2.04. The van der Waals surface area contributed by atoms with E-state index in [-0.39, 0.29) is 0 Å². The zero-order valence-corrected chi connectivity index (χ0v) is 12.9. The Morgan fingerprint density at radius 1 is 1.25 bits per heavy atom. The normalized spacial score (nSPS) is 10.9. The van der Waals surface area contributed by atoms with E-state index in [1.54, 1.807) is 11.8 Å². The molecule has 4 nitrogen and oxygen atoms in total. The van der Waals surface area contributed by atoms with E-state index >= 15 is 0 Å². The smallest absolute Gasteiger partial charge is 0.177 e. The van der Waals surface area contributed by atoms with Crippen LogP contribution in [-0.2, 0) is 13.5 Å². The number of imidazole rings is 1. The fraction of sp³-hybridized carbons (Fsp3) is 0.214. The molecule has 20 heavy (non-hydrogen) atoms. The van der Waals surface area contributed by atoms with Gasteiger partial charge in [-0.15, -0.1) is 0 Å². The van der Waals surface area contributed by atoms with Crippen molar-refractivity contribution in [2.75, 3.05) is 0 Å². The van der Waals surface area contributed by atoms with Crippen molar-refractivity contribution in [3.8, 4) is 11.3 Å². The number of hydrogen-bond donors (Lipinski definition) is 0. The molecule has 0 unspecified atom stereocenters. The van der Waals surface area contributed by atoms with Gasteiger partial charge in [0.15, 0.2) is 9.50 Å². The van der Waals surface area contributed by atoms with Gasteiger partial charge in [-0.25, -0.2) is 9.97 Å². The Kier molecular flexibility index (Phi) is 3.84. The maximum Gasteiger partial charge on any atom is 0.177 e. The third kappa shape index (κ3) is 2.62. The number of aryl methyl sites for hydroxylation is 1. The van der Waals surface area contributed by atoms with Gasteiger partial charge in [-0.3, -0.25) is 0 Å². The van der Waals surface area contributed by atoms with Crippen LogP contribution in [0, 0.1) is 0 Å². The molecular formula is C14H14N4S2. The zero-order chi connectivity index (χ0) is 13.9.